The number of primary amides is 1. The monoisotopic (exact) mass is 321 g/mol. The Kier molecular flexibility index (Phi) is 7.32. The van der Waals surface area contributed by atoms with Crippen LogP contribution in [0.25, 0.3) is 10.8 Å². The molecule has 0 fully saturated rings. The van der Waals surface area contributed by atoms with Gasteiger partial charge in [-0.2, -0.15) is 0 Å². The first-order valence-corrected chi connectivity index (χ1v) is 7.36. The van der Waals surface area contributed by atoms with Crippen molar-refractivity contribution in [2.45, 2.75) is 31.8 Å². The van der Waals surface area contributed by atoms with E-state index in [9.17, 15) is 4.79 Å². The molecule has 5 heteroatoms. The van der Waals surface area contributed by atoms with Gasteiger partial charge in [0.2, 0.25) is 5.91 Å². The van der Waals surface area contributed by atoms with Crippen LogP contribution in [-0.2, 0) is 4.79 Å². The van der Waals surface area contributed by atoms with Crippen LogP contribution in [0.4, 0.5) is 0 Å². The number of carbonyl (C=O) groups excluding carboxylic acids is 1. The summed E-state index contributed by atoms with van der Waals surface area (Å²) in [5.41, 5.74) is 12.1. The molecule has 0 aliphatic carbocycles. The first-order chi connectivity index (χ1) is 10.1. The van der Waals surface area contributed by atoms with E-state index in [2.05, 4.69) is 35.6 Å². The predicted octanol–water partition coefficient (Wildman–Crippen LogP) is 2.51. The van der Waals surface area contributed by atoms with Crippen LogP contribution in [0.3, 0.4) is 0 Å². The van der Waals surface area contributed by atoms with Crippen molar-refractivity contribution in [3.63, 3.8) is 0 Å². The van der Waals surface area contributed by atoms with Crippen LogP contribution in [-0.4, -0.2) is 18.5 Å². The lowest BCUT2D eigenvalue weighted by Gasteiger charge is -2.21. The Bertz CT molecular complexity index is 618. The Morgan fingerprint density at radius 3 is 2.50 bits per heavy atom. The summed E-state index contributed by atoms with van der Waals surface area (Å²) in [7, 11) is 0. The van der Waals surface area contributed by atoms with Crippen molar-refractivity contribution in [3.8, 4) is 0 Å². The van der Waals surface area contributed by atoms with Crippen LogP contribution >= 0.6 is 12.4 Å². The molecule has 1 unspecified atom stereocenters. The number of amides is 1. The number of nitrogens with two attached hydrogens (primary N) is 2. The number of fused-ring (bicyclic) bond motifs is 1. The Hall–Kier alpha value is -1.62. The van der Waals surface area contributed by atoms with Crippen LogP contribution in [0.2, 0.25) is 0 Å². The molecule has 0 aliphatic rings. The second kappa shape index (κ2) is 8.73. The summed E-state index contributed by atoms with van der Waals surface area (Å²) in [6.07, 6.45) is 1.45. The van der Waals surface area contributed by atoms with E-state index in [1.165, 1.54) is 10.8 Å². The van der Waals surface area contributed by atoms with E-state index in [-0.39, 0.29) is 30.4 Å². The highest BCUT2D eigenvalue weighted by molar-refractivity contribution is 5.85. The second-order valence-corrected chi connectivity index (χ2v) is 5.38. The van der Waals surface area contributed by atoms with Gasteiger partial charge in [-0.25, -0.2) is 0 Å². The van der Waals surface area contributed by atoms with Crippen molar-refractivity contribution in [2.24, 2.45) is 11.5 Å². The fourth-order valence-electron chi connectivity index (χ4n) is 2.50. The summed E-state index contributed by atoms with van der Waals surface area (Å²) < 4.78 is 0. The highest BCUT2D eigenvalue weighted by atomic mass is 35.5. The summed E-state index contributed by atoms with van der Waals surface area (Å²) in [5.74, 6) is -0.323. The van der Waals surface area contributed by atoms with Crippen molar-refractivity contribution in [1.29, 1.82) is 0 Å². The van der Waals surface area contributed by atoms with Gasteiger partial charge in [0, 0.05) is 6.04 Å². The zero-order chi connectivity index (χ0) is 15.2. The molecule has 0 bridgehead atoms. The van der Waals surface area contributed by atoms with Crippen LogP contribution in [0, 0.1) is 0 Å². The van der Waals surface area contributed by atoms with Crippen LogP contribution < -0.4 is 16.8 Å². The molecule has 0 saturated carbocycles. The molecule has 0 aliphatic heterocycles. The van der Waals surface area contributed by atoms with Crippen molar-refractivity contribution in [1.82, 2.24) is 5.32 Å². The van der Waals surface area contributed by atoms with Gasteiger partial charge >= 0.3 is 0 Å². The SMILES string of the molecule is CC(N[C@@H](CCCN)C(N)=O)c1ccc2ccccc2c1.Cl. The lowest BCUT2D eigenvalue weighted by molar-refractivity contribution is -0.120. The average molecular weight is 322 g/mol. The topological polar surface area (TPSA) is 81.1 Å². The van der Waals surface area contributed by atoms with Crippen molar-refractivity contribution in [3.05, 3.63) is 48.0 Å². The predicted molar refractivity (Wildman–Crippen MR) is 94.0 cm³/mol. The van der Waals surface area contributed by atoms with Gasteiger partial charge in [0.1, 0.15) is 0 Å². The van der Waals surface area contributed by atoms with E-state index in [4.69, 9.17) is 11.5 Å². The van der Waals surface area contributed by atoms with E-state index in [0.29, 0.717) is 13.0 Å². The van der Waals surface area contributed by atoms with Crippen molar-refractivity contribution >= 4 is 29.1 Å². The Balaban J connectivity index is 0.00000242. The lowest BCUT2D eigenvalue weighted by atomic mass is 10.0. The second-order valence-electron chi connectivity index (χ2n) is 5.38. The summed E-state index contributed by atoms with van der Waals surface area (Å²) >= 11 is 0. The minimum Gasteiger partial charge on any atom is -0.368 e. The molecule has 0 radical (unpaired) electrons. The maximum Gasteiger partial charge on any atom is 0.234 e. The molecule has 22 heavy (non-hydrogen) atoms. The van der Waals surface area contributed by atoms with E-state index in [0.717, 1.165) is 12.0 Å². The summed E-state index contributed by atoms with van der Waals surface area (Å²) in [6, 6.07) is 14.3. The summed E-state index contributed by atoms with van der Waals surface area (Å²) in [6.45, 7) is 2.61. The first kappa shape index (κ1) is 18.4. The smallest absolute Gasteiger partial charge is 0.234 e. The molecule has 2 aromatic carbocycles. The Labute approximate surface area is 137 Å². The fourth-order valence-corrected chi connectivity index (χ4v) is 2.50. The number of hydrogen-bond donors (Lipinski definition) is 3. The normalized spacial score (nSPS) is 13.4. The lowest BCUT2D eigenvalue weighted by Crippen LogP contribution is -2.42. The minimum absolute atomic E-state index is 0. The van der Waals surface area contributed by atoms with Gasteiger partial charge in [0.05, 0.1) is 6.04 Å². The van der Waals surface area contributed by atoms with Crippen molar-refractivity contribution in [2.75, 3.05) is 6.54 Å². The standard InChI is InChI=1S/C17H23N3O.ClH/c1-12(20-16(17(19)21)7-4-10-18)14-9-8-13-5-2-3-6-15(13)11-14;/h2-3,5-6,8-9,11-12,16,20H,4,7,10,18H2,1H3,(H2,19,21);1H/t12?,16-;/m0./s1. The highest BCUT2D eigenvalue weighted by Crippen LogP contribution is 2.20. The maximum absolute atomic E-state index is 11.5. The first-order valence-electron chi connectivity index (χ1n) is 7.36. The van der Waals surface area contributed by atoms with Crippen LogP contribution in [0.5, 0.6) is 0 Å². The third-order valence-corrected chi connectivity index (χ3v) is 3.77. The molecule has 120 valence electrons. The molecular weight excluding hydrogens is 298 g/mol. The third-order valence-electron chi connectivity index (χ3n) is 3.77. The largest absolute Gasteiger partial charge is 0.368 e. The molecule has 0 aromatic heterocycles. The molecule has 2 rings (SSSR count). The van der Waals surface area contributed by atoms with Crippen molar-refractivity contribution < 1.29 is 4.79 Å². The molecule has 0 saturated heterocycles. The number of halogens is 1. The van der Waals surface area contributed by atoms with Gasteiger partial charge in [-0.15, -0.1) is 12.4 Å². The van der Waals surface area contributed by atoms with Gasteiger partial charge in [-0.3, -0.25) is 10.1 Å². The molecule has 4 nitrogen and oxygen atoms in total. The molecule has 0 spiro atoms. The average Bonchev–Trinajstić information content (AvgIpc) is 2.50. The molecule has 1 amide bonds. The zero-order valence-corrected chi connectivity index (χ0v) is 13.6. The van der Waals surface area contributed by atoms with Gasteiger partial charge in [0.25, 0.3) is 0 Å². The highest BCUT2D eigenvalue weighted by Gasteiger charge is 2.18. The Morgan fingerprint density at radius 2 is 1.86 bits per heavy atom. The minimum atomic E-state index is -0.338. The van der Waals surface area contributed by atoms with Gasteiger partial charge in [0.15, 0.2) is 0 Å². The number of carbonyl (C=O) groups is 1. The summed E-state index contributed by atoms with van der Waals surface area (Å²) in [5, 5.41) is 5.71. The van der Waals surface area contributed by atoms with Crippen LogP contribution in [0.1, 0.15) is 31.4 Å². The quantitative estimate of drug-likeness (QED) is 0.733. The van der Waals surface area contributed by atoms with E-state index in [1.807, 2.05) is 19.1 Å². The number of hydrogen-bond acceptors (Lipinski definition) is 3. The molecular formula is C17H24ClN3O. The number of benzene rings is 2. The molecule has 2 atom stereocenters. The number of nitrogens with one attached hydrogen (secondary N) is 1. The van der Waals surface area contributed by atoms with Gasteiger partial charge < -0.3 is 11.5 Å². The van der Waals surface area contributed by atoms with Gasteiger partial charge in [-0.05, 0) is 48.7 Å². The van der Waals surface area contributed by atoms with Gasteiger partial charge in [-0.1, -0.05) is 36.4 Å². The van der Waals surface area contributed by atoms with Crippen LogP contribution in [0.15, 0.2) is 42.5 Å². The Morgan fingerprint density at radius 1 is 1.18 bits per heavy atom. The number of rotatable bonds is 7. The molecule has 5 N–H and O–H groups in total. The summed E-state index contributed by atoms with van der Waals surface area (Å²) in [4.78, 5) is 11.5. The zero-order valence-electron chi connectivity index (χ0n) is 12.8. The van der Waals surface area contributed by atoms with E-state index in [1.54, 1.807) is 0 Å². The molecule has 2 aromatic rings. The third kappa shape index (κ3) is 4.70. The van der Waals surface area contributed by atoms with E-state index < -0.39 is 0 Å². The maximum atomic E-state index is 11.5. The van der Waals surface area contributed by atoms with E-state index >= 15 is 0 Å². The molecule has 0 heterocycles. The fraction of sp³-hybridized carbons (Fsp3) is 0.353.